The topological polar surface area (TPSA) is 74.8 Å². The van der Waals surface area contributed by atoms with E-state index in [0.29, 0.717) is 11.5 Å². The second kappa shape index (κ2) is 7.58. The molecule has 0 bridgehead atoms. The van der Waals surface area contributed by atoms with E-state index in [1.54, 1.807) is 12.3 Å². The molecule has 4 rings (SSSR count). The first-order valence-electron chi connectivity index (χ1n) is 8.92. The lowest BCUT2D eigenvalue weighted by atomic mass is 9.94. The molecule has 3 aromatic heterocycles. The molecule has 0 spiro atoms. The van der Waals surface area contributed by atoms with E-state index in [1.165, 1.54) is 5.56 Å². The van der Waals surface area contributed by atoms with Gasteiger partial charge in [0.05, 0.1) is 5.69 Å². The molecular weight excluding hydrogens is 326 g/mol. The summed E-state index contributed by atoms with van der Waals surface area (Å²) in [5.74, 6) is 0.801. The summed E-state index contributed by atoms with van der Waals surface area (Å²) in [5.41, 5.74) is 2.68. The summed E-state index contributed by atoms with van der Waals surface area (Å²) >= 11 is 0. The summed E-state index contributed by atoms with van der Waals surface area (Å²) in [5, 5.41) is 0. The summed E-state index contributed by atoms with van der Waals surface area (Å²) < 4.78 is 0. The molecule has 0 radical (unpaired) electrons. The van der Waals surface area contributed by atoms with E-state index in [2.05, 4.69) is 19.9 Å². The van der Waals surface area contributed by atoms with Gasteiger partial charge in [0.1, 0.15) is 5.69 Å². The van der Waals surface area contributed by atoms with Crippen molar-refractivity contribution in [2.75, 3.05) is 13.1 Å². The predicted molar refractivity (Wildman–Crippen MR) is 99.6 cm³/mol. The molecule has 1 fully saturated rings. The lowest BCUT2D eigenvalue weighted by molar-refractivity contribution is 0.198. The van der Waals surface area contributed by atoms with Crippen LogP contribution in [0.5, 0.6) is 0 Å². The molecule has 1 unspecified atom stereocenters. The van der Waals surface area contributed by atoms with Crippen molar-refractivity contribution >= 4 is 0 Å². The van der Waals surface area contributed by atoms with Gasteiger partial charge >= 0.3 is 0 Å². The molecule has 4 heterocycles. The Hall–Kier alpha value is -2.86. The zero-order chi connectivity index (χ0) is 17.8. The molecule has 1 aliphatic rings. The predicted octanol–water partition coefficient (Wildman–Crippen LogP) is 2.61. The van der Waals surface area contributed by atoms with Gasteiger partial charge in [-0.15, -0.1) is 0 Å². The van der Waals surface area contributed by atoms with Crippen molar-refractivity contribution in [3.8, 4) is 11.5 Å². The minimum atomic E-state index is -0.123. The molecule has 0 amide bonds. The second-order valence-corrected chi connectivity index (χ2v) is 6.66. The summed E-state index contributed by atoms with van der Waals surface area (Å²) in [7, 11) is 0. The molecule has 1 N–H and O–H groups in total. The van der Waals surface area contributed by atoms with Crippen LogP contribution < -0.4 is 5.56 Å². The van der Waals surface area contributed by atoms with Crippen molar-refractivity contribution in [1.29, 1.82) is 0 Å². The van der Waals surface area contributed by atoms with Crippen molar-refractivity contribution in [3.05, 3.63) is 76.6 Å². The van der Waals surface area contributed by atoms with Crippen LogP contribution in [0.25, 0.3) is 11.5 Å². The third kappa shape index (κ3) is 3.86. The number of rotatable bonds is 4. The van der Waals surface area contributed by atoms with Crippen molar-refractivity contribution < 1.29 is 0 Å². The van der Waals surface area contributed by atoms with Gasteiger partial charge in [-0.25, -0.2) is 4.98 Å². The highest BCUT2D eigenvalue weighted by molar-refractivity contribution is 5.48. The number of pyridine rings is 2. The van der Waals surface area contributed by atoms with E-state index in [0.717, 1.165) is 38.2 Å². The van der Waals surface area contributed by atoms with Crippen LogP contribution in [0.4, 0.5) is 0 Å². The molecule has 6 heteroatoms. The smallest absolute Gasteiger partial charge is 0.251 e. The minimum absolute atomic E-state index is 0.123. The summed E-state index contributed by atoms with van der Waals surface area (Å²) in [4.78, 5) is 30.5. The average Bonchev–Trinajstić information content (AvgIpc) is 2.69. The Kier molecular flexibility index (Phi) is 4.84. The number of aromatic amines is 1. The van der Waals surface area contributed by atoms with Gasteiger partial charge in [0.25, 0.3) is 5.56 Å². The molecule has 1 atom stereocenters. The van der Waals surface area contributed by atoms with Crippen LogP contribution in [0.15, 0.2) is 59.8 Å². The van der Waals surface area contributed by atoms with E-state index >= 15 is 0 Å². The fourth-order valence-electron chi connectivity index (χ4n) is 3.50. The number of piperidine rings is 1. The Morgan fingerprint density at radius 3 is 2.85 bits per heavy atom. The summed E-state index contributed by atoms with van der Waals surface area (Å²) in [6.45, 7) is 2.87. The van der Waals surface area contributed by atoms with Crippen molar-refractivity contribution in [2.24, 2.45) is 0 Å². The lowest BCUT2D eigenvalue weighted by Gasteiger charge is -2.32. The van der Waals surface area contributed by atoms with Crippen LogP contribution in [0.3, 0.4) is 0 Å². The van der Waals surface area contributed by atoms with Crippen LogP contribution in [-0.2, 0) is 6.54 Å². The van der Waals surface area contributed by atoms with Gasteiger partial charge < -0.3 is 4.98 Å². The molecule has 0 aromatic carbocycles. The third-order valence-corrected chi connectivity index (χ3v) is 4.75. The number of nitrogens with zero attached hydrogens (tertiary/aromatic N) is 4. The first-order valence-corrected chi connectivity index (χ1v) is 8.92. The summed E-state index contributed by atoms with van der Waals surface area (Å²) in [6, 6.07) is 11.3. The Bertz CT molecular complexity index is 910. The minimum Gasteiger partial charge on any atom is -0.305 e. The maximum atomic E-state index is 12.2. The van der Waals surface area contributed by atoms with Crippen LogP contribution in [0, 0.1) is 0 Å². The Balaban J connectivity index is 1.55. The molecule has 0 saturated carbocycles. The molecule has 6 nitrogen and oxygen atoms in total. The number of aromatic nitrogens is 4. The summed E-state index contributed by atoms with van der Waals surface area (Å²) in [6.07, 6.45) is 7.51. The zero-order valence-corrected chi connectivity index (χ0v) is 14.5. The highest BCUT2D eigenvalue weighted by Gasteiger charge is 2.23. The van der Waals surface area contributed by atoms with Gasteiger partial charge in [-0.05, 0) is 49.2 Å². The monoisotopic (exact) mass is 347 g/mol. The van der Waals surface area contributed by atoms with E-state index < -0.39 is 0 Å². The third-order valence-electron chi connectivity index (χ3n) is 4.75. The lowest BCUT2D eigenvalue weighted by Crippen LogP contribution is -2.34. The van der Waals surface area contributed by atoms with Gasteiger partial charge in [0, 0.05) is 43.7 Å². The van der Waals surface area contributed by atoms with E-state index in [1.807, 2.05) is 42.7 Å². The number of nitrogens with one attached hydrogen (secondary N) is 1. The van der Waals surface area contributed by atoms with Gasteiger partial charge in [-0.1, -0.05) is 6.07 Å². The van der Waals surface area contributed by atoms with Crippen LogP contribution in [0.1, 0.15) is 30.0 Å². The second-order valence-electron chi connectivity index (χ2n) is 6.66. The average molecular weight is 347 g/mol. The van der Waals surface area contributed by atoms with Gasteiger partial charge in [-0.2, -0.15) is 0 Å². The molecule has 1 saturated heterocycles. The molecule has 0 aliphatic carbocycles. The fraction of sp³-hybridized carbons (Fsp3) is 0.300. The maximum Gasteiger partial charge on any atom is 0.251 e. The number of hydrogen-bond donors (Lipinski definition) is 1. The fourth-order valence-corrected chi connectivity index (χ4v) is 3.50. The van der Waals surface area contributed by atoms with E-state index in [4.69, 9.17) is 4.98 Å². The molecule has 3 aromatic rings. The molecular formula is C20H21N5O. The van der Waals surface area contributed by atoms with Gasteiger partial charge in [0.2, 0.25) is 0 Å². The van der Waals surface area contributed by atoms with Crippen LogP contribution in [-0.4, -0.2) is 37.9 Å². The van der Waals surface area contributed by atoms with E-state index in [9.17, 15) is 4.79 Å². The van der Waals surface area contributed by atoms with Crippen LogP contribution in [0.2, 0.25) is 0 Å². The van der Waals surface area contributed by atoms with E-state index in [-0.39, 0.29) is 11.5 Å². The largest absolute Gasteiger partial charge is 0.305 e. The standard InChI is InChI=1S/C20H21N5O/c26-19-12-18(23-20(24-19)17-5-1-2-8-22-17)16-4-3-11-25(14-16)13-15-6-9-21-10-7-15/h1-2,5-10,12,16H,3-4,11,13-14H2,(H,23,24,26). The molecule has 132 valence electrons. The Morgan fingerprint density at radius 1 is 1.15 bits per heavy atom. The number of likely N-dealkylation sites (tertiary alicyclic amines) is 1. The van der Waals surface area contributed by atoms with Crippen molar-refractivity contribution in [1.82, 2.24) is 24.8 Å². The van der Waals surface area contributed by atoms with Crippen molar-refractivity contribution in [3.63, 3.8) is 0 Å². The quantitative estimate of drug-likeness (QED) is 0.785. The normalized spacial score (nSPS) is 17.9. The molecule has 26 heavy (non-hydrogen) atoms. The Morgan fingerprint density at radius 2 is 2.04 bits per heavy atom. The van der Waals surface area contributed by atoms with Gasteiger partial charge in [0.15, 0.2) is 5.82 Å². The van der Waals surface area contributed by atoms with Crippen molar-refractivity contribution in [2.45, 2.75) is 25.3 Å². The molecule has 1 aliphatic heterocycles. The first-order chi connectivity index (χ1) is 12.8. The first kappa shape index (κ1) is 16.6. The maximum absolute atomic E-state index is 12.2. The number of H-pyrrole nitrogens is 1. The number of hydrogen-bond acceptors (Lipinski definition) is 5. The highest BCUT2D eigenvalue weighted by atomic mass is 16.1. The van der Waals surface area contributed by atoms with Gasteiger partial charge in [-0.3, -0.25) is 19.7 Å². The highest BCUT2D eigenvalue weighted by Crippen LogP contribution is 2.26. The SMILES string of the molecule is O=c1cc(C2CCCN(Cc3ccncc3)C2)nc(-c2ccccn2)[nH]1. The van der Waals surface area contributed by atoms with Crippen LogP contribution >= 0.6 is 0 Å². The zero-order valence-electron chi connectivity index (χ0n) is 14.5. The Labute approximate surface area is 152 Å².